The van der Waals surface area contributed by atoms with E-state index in [1.54, 1.807) is 16.8 Å². The van der Waals surface area contributed by atoms with E-state index in [1.807, 2.05) is 36.4 Å². The van der Waals surface area contributed by atoms with Gasteiger partial charge >= 0.3 is 0 Å². The van der Waals surface area contributed by atoms with Gasteiger partial charge in [-0.3, -0.25) is 0 Å². The van der Waals surface area contributed by atoms with Gasteiger partial charge in [0.25, 0.3) is 0 Å². The van der Waals surface area contributed by atoms with E-state index in [0.717, 1.165) is 5.69 Å². The van der Waals surface area contributed by atoms with Gasteiger partial charge in [0.15, 0.2) is 0 Å². The fourth-order valence-electron chi connectivity index (χ4n) is 1.89. The lowest BCUT2D eigenvalue weighted by atomic mass is 10.3. The molecule has 0 atom stereocenters. The zero-order chi connectivity index (χ0) is 16.1. The highest BCUT2D eigenvalue weighted by Gasteiger charge is 2.09. The predicted octanol–water partition coefficient (Wildman–Crippen LogP) is 4.14. The van der Waals surface area contributed by atoms with Crippen LogP contribution in [0, 0.1) is 0 Å². The summed E-state index contributed by atoms with van der Waals surface area (Å²) in [6, 6.07) is 14.7. The third kappa shape index (κ3) is 4.16. The van der Waals surface area contributed by atoms with Crippen LogP contribution in [0.4, 0.5) is 0 Å². The summed E-state index contributed by atoms with van der Waals surface area (Å²) in [7, 11) is 0. The molecule has 0 spiro atoms. The molecule has 3 aromatic rings. The molecule has 0 N–H and O–H groups in total. The van der Waals surface area contributed by atoms with E-state index >= 15 is 0 Å². The Morgan fingerprint density at radius 3 is 2.78 bits per heavy atom. The first-order valence-electron chi connectivity index (χ1n) is 6.78. The highest BCUT2D eigenvalue weighted by atomic mass is 35.5. The van der Waals surface area contributed by atoms with Gasteiger partial charge in [0.2, 0.25) is 5.16 Å². The van der Waals surface area contributed by atoms with Gasteiger partial charge < -0.3 is 4.74 Å². The zero-order valence-corrected chi connectivity index (χ0v) is 14.2. The predicted molar refractivity (Wildman–Crippen MR) is 91.8 cm³/mol. The quantitative estimate of drug-likeness (QED) is 0.484. The molecular formula is C15H12Cl2N4OS. The van der Waals surface area contributed by atoms with Crippen molar-refractivity contribution in [3.8, 4) is 11.4 Å². The van der Waals surface area contributed by atoms with E-state index in [-0.39, 0.29) is 0 Å². The third-order valence-electron chi connectivity index (χ3n) is 2.90. The molecule has 0 aliphatic rings. The van der Waals surface area contributed by atoms with Crippen LogP contribution in [0.2, 0.25) is 10.0 Å². The molecule has 0 aliphatic heterocycles. The first kappa shape index (κ1) is 16.1. The van der Waals surface area contributed by atoms with E-state index < -0.39 is 0 Å². The molecule has 0 radical (unpaired) electrons. The molecule has 0 fully saturated rings. The molecule has 3 rings (SSSR count). The van der Waals surface area contributed by atoms with Crippen molar-refractivity contribution in [2.24, 2.45) is 0 Å². The first-order chi connectivity index (χ1) is 11.2. The number of thioether (sulfide) groups is 1. The number of halogens is 2. The third-order valence-corrected chi connectivity index (χ3v) is 4.33. The maximum absolute atomic E-state index is 6.04. The minimum atomic E-state index is 0.497. The van der Waals surface area contributed by atoms with Crippen LogP contribution in [0.15, 0.2) is 53.7 Å². The topological polar surface area (TPSA) is 52.8 Å². The second kappa shape index (κ2) is 7.68. The standard InChI is InChI=1S/C15H12Cl2N4OS/c16-11-4-3-5-12(10-11)21-15(18-19-20-21)23-9-8-22-14-7-2-1-6-13(14)17/h1-7,10H,8-9H2. The summed E-state index contributed by atoms with van der Waals surface area (Å²) in [4.78, 5) is 0. The number of rotatable bonds is 6. The molecule has 0 saturated heterocycles. The number of benzene rings is 2. The normalized spacial score (nSPS) is 10.7. The van der Waals surface area contributed by atoms with Crippen LogP contribution in [0.1, 0.15) is 0 Å². The first-order valence-corrected chi connectivity index (χ1v) is 8.52. The van der Waals surface area contributed by atoms with Crippen LogP contribution in [-0.4, -0.2) is 32.6 Å². The molecule has 0 saturated carbocycles. The van der Waals surface area contributed by atoms with Crippen molar-refractivity contribution in [1.82, 2.24) is 20.2 Å². The molecule has 0 unspecified atom stereocenters. The van der Waals surface area contributed by atoms with Crippen LogP contribution < -0.4 is 4.74 Å². The Bertz CT molecular complexity index is 796. The van der Waals surface area contributed by atoms with Crippen LogP contribution >= 0.6 is 35.0 Å². The van der Waals surface area contributed by atoms with Gasteiger partial charge in [-0.05, 0) is 40.8 Å². The van der Waals surface area contributed by atoms with Crippen LogP contribution in [0.3, 0.4) is 0 Å². The van der Waals surface area contributed by atoms with Crippen LogP contribution in [0.5, 0.6) is 5.75 Å². The number of para-hydroxylation sites is 1. The van der Waals surface area contributed by atoms with Crippen molar-refractivity contribution in [3.05, 3.63) is 58.6 Å². The number of hydrogen-bond acceptors (Lipinski definition) is 5. The molecule has 5 nitrogen and oxygen atoms in total. The van der Waals surface area contributed by atoms with E-state index in [2.05, 4.69) is 15.5 Å². The molecule has 23 heavy (non-hydrogen) atoms. The second-order valence-electron chi connectivity index (χ2n) is 4.48. The lowest BCUT2D eigenvalue weighted by molar-refractivity contribution is 0.344. The van der Waals surface area contributed by atoms with Crippen molar-refractivity contribution >= 4 is 35.0 Å². The number of ether oxygens (including phenoxy) is 1. The van der Waals surface area contributed by atoms with Gasteiger partial charge in [0.1, 0.15) is 5.75 Å². The molecule has 1 aromatic heterocycles. The van der Waals surface area contributed by atoms with Crippen molar-refractivity contribution in [3.63, 3.8) is 0 Å². The van der Waals surface area contributed by atoms with Gasteiger partial charge in [-0.15, -0.1) is 5.10 Å². The highest BCUT2D eigenvalue weighted by Crippen LogP contribution is 2.24. The van der Waals surface area contributed by atoms with E-state index in [4.69, 9.17) is 27.9 Å². The number of tetrazole rings is 1. The lowest BCUT2D eigenvalue weighted by Gasteiger charge is -2.07. The fourth-order valence-corrected chi connectivity index (χ4v) is 2.97. The minimum absolute atomic E-state index is 0.497. The minimum Gasteiger partial charge on any atom is -0.491 e. The molecule has 118 valence electrons. The van der Waals surface area contributed by atoms with Crippen molar-refractivity contribution in [2.45, 2.75) is 5.16 Å². The Kier molecular flexibility index (Phi) is 5.38. The summed E-state index contributed by atoms with van der Waals surface area (Å²) in [5, 5.41) is 13.6. The largest absolute Gasteiger partial charge is 0.491 e. The maximum atomic E-state index is 6.04. The molecule has 8 heteroatoms. The average molecular weight is 367 g/mol. The summed E-state index contributed by atoms with van der Waals surface area (Å²) in [6.45, 7) is 0.497. The van der Waals surface area contributed by atoms with Gasteiger partial charge in [0, 0.05) is 10.8 Å². The summed E-state index contributed by atoms with van der Waals surface area (Å²) < 4.78 is 7.29. The van der Waals surface area contributed by atoms with E-state index in [1.165, 1.54) is 11.8 Å². The van der Waals surface area contributed by atoms with E-state index in [9.17, 15) is 0 Å². The van der Waals surface area contributed by atoms with Crippen molar-refractivity contribution in [2.75, 3.05) is 12.4 Å². The number of nitrogens with zero attached hydrogens (tertiary/aromatic N) is 4. The Morgan fingerprint density at radius 1 is 1.09 bits per heavy atom. The van der Waals surface area contributed by atoms with Gasteiger partial charge in [-0.1, -0.05) is 53.2 Å². The smallest absolute Gasteiger partial charge is 0.214 e. The summed E-state index contributed by atoms with van der Waals surface area (Å²) in [6.07, 6.45) is 0. The molecule has 0 aliphatic carbocycles. The molecule has 2 aromatic carbocycles. The summed E-state index contributed by atoms with van der Waals surface area (Å²) in [5.41, 5.74) is 0.817. The second-order valence-corrected chi connectivity index (χ2v) is 6.39. The zero-order valence-electron chi connectivity index (χ0n) is 11.9. The van der Waals surface area contributed by atoms with Crippen LogP contribution in [0.25, 0.3) is 5.69 Å². The molecule has 0 amide bonds. The van der Waals surface area contributed by atoms with Crippen LogP contribution in [-0.2, 0) is 0 Å². The molecule has 1 heterocycles. The number of hydrogen-bond donors (Lipinski definition) is 0. The average Bonchev–Trinajstić information content (AvgIpc) is 3.01. The molecular weight excluding hydrogens is 355 g/mol. The Balaban J connectivity index is 1.60. The summed E-state index contributed by atoms with van der Waals surface area (Å²) >= 11 is 13.5. The SMILES string of the molecule is Clc1cccc(-n2nnnc2SCCOc2ccccc2Cl)c1. The highest BCUT2D eigenvalue weighted by molar-refractivity contribution is 7.99. The van der Waals surface area contributed by atoms with Crippen molar-refractivity contribution in [1.29, 1.82) is 0 Å². The summed E-state index contributed by atoms with van der Waals surface area (Å²) in [5.74, 6) is 1.36. The Morgan fingerprint density at radius 2 is 1.96 bits per heavy atom. The fraction of sp³-hybridized carbons (Fsp3) is 0.133. The Hall–Kier alpha value is -1.76. The van der Waals surface area contributed by atoms with Gasteiger partial charge in [-0.2, -0.15) is 4.68 Å². The van der Waals surface area contributed by atoms with Gasteiger partial charge in [-0.25, -0.2) is 0 Å². The van der Waals surface area contributed by atoms with E-state index in [0.29, 0.717) is 33.3 Å². The number of aromatic nitrogens is 4. The van der Waals surface area contributed by atoms with Gasteiger partial charge in [0.05, 0.1) is 17.3 Å². The lowest BCUT2D eigenvalue weighted by Crippen LogP contribution is -2.03. The van der Waals surface area contributed by atoms with Crippen molar-refractivity contribution < 1.29 is 4.74 Å². The monoisotopic (exact) mass is 366 g/mol. The molecule has 0 bridgehead atoms. The maximum Gasteiger partial charge on any atom is 0.214 e. The Labute approximate surface area is 147 Å².